The molecule has 0 N–H and O–H groups in total. The van der Waals surface area contributed by atoms with Gasteiger partial charge in [0.05, 0.1) is 11.8 Å². The number of hydrogen-bond acceptors (Lipinski definition) is 5. The molecule has 0 spiro atoms. The van der Waals surface area contributed by atoms with Gasteiger partial charge in [-0.05, 0) is 62.7 Å². The molecular weight excluding hydrogens is 437 g/mol. The summed E-state index contributed by atoms with van der Waals surface area (Å²) < 4.78 is 15.6. The van der Waals surface area contributed by atoms with Crippen LogP contribution in [0.3, 0.4) is 0 Å². The van der Waals surface area contributed by atoms with Crippen molar-refractivity contribution in [2.24, 2.45) is 0 Å². The summed E-state index contributed by atoms with van der Waals surface area (Å²) in [6, 6.07) is 16.4. The molecule has 0 unspecified atom stereocenters. The first-order valence-electron chi connectivity index (χ1n) is 11.4. The Morgan fingerprint density at radius 3 is 2.45 bits per heavy atom. The molecule has 2 aromatic carbocycles. The lowest BCUT2D eigenvalue weighted by Crippen LogP contribution is -2.33. The number of amides is 1. The monoisotopic (exact) mass is 467 g/mol. The van der Waals surface area contributed by atoms with Gasteiger partial charge in [-0.15, -0.1) is 10.2 Å². The number of carbonyl (C=O) groups is 1. The van der Waals surface area contributed by atoms with E-state index in [1.807, 2.05) is 41.9 Å². The van der Waals surface area contributed by atoms with E-state index in [0.717, 1.165) is 30.2 Å². The van der Waals surface area contributed by atoms with Crippen molar-refractivity contribution >= 4 is 17.7 Å². The minimum absolute atomic E-state index is 0.0168. The van der Waals surface area contributed by atoms with Crippen molar-refractivity contribution in [3.05, 3.63) is 71.8 Å². The molecule has 2 heterocycles. The lowest BCUT2D eigenvalue weighted by Gasteiger charge is -2.31. The maximum absolute atomic E-state index is 13.6. The Kier molecular flexibility index (Phi) is 7.77. The van der Waals surface area contributed by atoms with E-state index in [0.29, 0.717) is 11.7 Å². The number of nitrogens with zero attached hydrogens (tertiary/aromatic N) is 5. The van der Waals surface area contributed by atoms with Crippen LogP contribution in [0.4, 0.5) is 4.39 Å². The van der Waals surface area contributed by atoms with Gasteiger partial charge in [-0.25, -0.2) is 4.39 Å². The van der Waals surface area contributed by atoms with Gasteiger partial charge >= 0.3 is 0 Å². The van der Waals surface area contributed by atoms with Crippen LogP contribution in [-0.2, 0) is 11.3 Å². The van der Waals surface area contributed by atoms with Gasteiger partial charge in [0.1, 0.15) is 5.82 Å². The van der Waals surface area contributed by atoms with Gasteiger partial charge in [0.15, 0.2) is 11.0 Å². The van der Waals surface area contributed by atoms with Gasteiger partial charge in [0.2, 0.25) is 5.91 Å². The highest BCUT2D eigenvalue weighted by Crippen LogP contribution is 2.29. The molecule has 6 nitrogen and oxygen atoms in total. The molecule has 1 saturated heterocycles. The minimum Gasteiger partial charge on any atom is -0.341 e. The predicted octanol–water partition coefficient (Wildman–Crippen LogP) is 4.70. The Balaban J connectivity index is 1.52. The van der Waals surface area contributed by atoms with Crippen LogP contribution in [-0.4, -0.2) is 56.4 Å². The van der Waals surface area contributed by atoms with E-state index in [9.17, 15) is 9.18 Å². The number of aromatic nitrogens is 3. The van der Waals surface area contributed by atoms with Crippen LogP contribution in [0.1, 0.15) is 43.6 Å². The number of thioether (sulfide) groups is 1. The Morgan fingerprint density at radius 2 is 1.76 bits per heavy atom. The summed E-state index contributed by atoms with van der Waals surface area (Å²) in [7, 11) is 1.81. The Morgan fingerprint density at radius 1 is 1.06 bits per heavy atom. The molecule has 174 valence electrons. The third kappa shape index (κ3) is 5.81. The second kappa shape index (κ2) is 10.9. The quantitative estimate of drug-likeness (QED) is 0.450. The molecule has 1 aliphatic heterocycles. The van der Waals surface area contributed by atoms with E-state index in [4.69, 9.17) is 0 Å². The Bertz CT molecular complexity index is 1050. The Labute approximate surface area is 198 Å². The third-order valence-electron chi connectivity index (χ3n) is 6.07. The maximum atomic E-state index is 13.6. The van der Waals surface area contributed by atoms with Crippen LogP contribution < -0.4 is 0 Å². The zero-order valence-corrected chi connectivity index (χ0v) is 20.0. The molecule has 0 saturated carbocycles. The lowest BCUT2D eigenvalue weighted by molar-refractivity contribution is -0.127. The first-order valence-corrected chi connectivity index (χ1v) is 12.4. The highest BCUT2D eigenvalue weighted by atomic mass is 32.2. The molecule has 8 heteroatoms. The second-order valence-corrected chi connectivity index (χ2v) is 9.39. The van der Waals surface area contributed by atoms with Crippen LogP contribution in [0, 0.1) is 5.82 Å². The topological polar surface area (TPSA) is 54.3 Å². The van der Waals surface area contributed by atoms with E-state index in [-0.39, 0.29) is 23.5 Å². The minimum atomic E-state index is -0.288. The summed E-state index contributed by atoms with van der Waals surface area (Å²) in [6.45, 7) is 4.76. The van der Waals surface area contributed by atoms with Crippen molar-refractivity contribution < 1.29 is 9.18 Å². The standard InChI is InChI=1S/C25H30FN5OS/c1-19(30-15-7-4-8-16-30)24-27-28-25(31(24)22-13-11-21(26)12-14-22)33-18-23(32)29(2)17-20-9-5-3-6-10-20/h3,5-6,9-14,19H,4,7-8,15-18H2,1-2H3/t19-/m0/s1. The molecule has 0 aliphatic carbocycles. The van der Waals surface area contributed by atoms with Crippen LogP contribution in [0.5, 0.6) is 0 Å². The fourth-order valence-electron chi connectivity index (χ4n) is 4.13. The first-order chi connectivity index (χ1) is 16.0. The van der Waals surface area contributed by atoms with Crippen molar-refractivity contribution in [3.63, 3.8) is 0 Å². The third-order valence-corrected chi connectivity index (χ3v) is 6.98. The summed E-state index contributed by atoms with van der Waals surface area (Å²) in [6.07, 6.45) is 3.62. The predicted molar refractivity (Wildman–Crippen MR) is 129 cm³/mol. The smallest absolute Gasteiger partial charge is 0.233 e. The summed E-state index contributed by atoms with van der Waals surface area (Å²) >= 11 is 1.36. The van der Waals surface area contributed by atoms with E-state index < -0.39 is 0 Å². The van der Waals surface area contributed by atoms with E-state index in [1.165, 1.54) is 43.2 Å². The zero-order chi connectivity index (χ0) is 23.2. The van der Waals surface area contributed by atoms with Gasteiger partial charge in [-0.3, -0.25) is 14.3 Å². The number of hydrogen-bond donors (Lipinski definition) is 0. The van der Waals surface area contributed by atoms with E-state index in [1.54, 1.807) is 17.0 Å². The number of rotatable bonds is 8. The van der Waals surface area contributed by atoms with Crippen molar-refractivity contribution in [2.75, 3.05) is 25.9 Å². The average Bonchev–Trinajstić information content (AvgIpc) is 3.27. The van der Waals surface area contributed by atoms with Crippen LogP contribution in [0.15, 0.2) is 59.8 Å². The SMILES string of the molecule is C[C@@H](c1nnc(SCC(=O)N(C)Cc2ccccc2)n1-c1ccc(F)cc1)N1CCCCC1. The molecule has 0 radical (unpaired) electrons. The van der Waals surface area contributed by atoms with Gasteiger partial charge in [-0.1, -0.05) is 48.5 Å². The Hall–Kier alpha value is -2.71. The molecule has 1 aromatic heterocycles. The summed E-state index contributed by atoms with van der Waals surface area (Å²) in [4.78, 5) is 16.9. The molecule has 1 atom stereocenters. The van der Waals surface area contributed by atoms with E-state index in [2.05, 4.69) is 22.0 Å². The van der Waals surface area contributed by atoms with Crippen molar-refractivity contribution in [2.45, 2.75) is 43.9 Å². The number of benzene rings is 2. The average molecular weight is 468 g/mol. The summed E-state index contributed by atoms with van der Waals surface area (Å²) in [5.41, 5.74) is 1.89. The van der Waals surface area contributed by atoms with Crippen molar-refractivity contribution in [1.82, 2.24) is 24.6 Å². The summed E-state index contributed by atoms with van der Waals surface area (Å²) in [5, 5.41) is 9.58. The fourth-order valence-corrected chi connectivity index (χ4v) is 5.03. The molecular formula is C25H30FN5OS. The highest BCUT2D eigenvalue weighted by Gasteiger charge is 2.26. The van der Waals surface area contributed by atoms with Crippen LogP contribution in [0.2, 0.25) is 0 Å². The van der Waals surface area contributed by atoms with E-state index >= 15 is 0 Å². The first kappa shape index (κ1) is 23.4. The molecule has 4 rings (SSSR count). The summed E-state index contributed by atoms with van der Waals surface area (Å²) in [5.74, 6) is 0.796. The maximum Gasteiger partial charge on any atom is 0.233 e. The second-order valence-electron chi connectivity index (χ2n) is 8.45. The number of carbonyl (C=O) groups excluding carboxylic acids is 1. The zero-order valence-electron chi connectivity index (χ0n) is 19.2. The van der Waals surface area contributed by atoms with Crippen molar-refractivity contribution in [1.29, 1.82) is 0 Å². The van der Waals surface area contributed by atoms with Gasteiger partial charge in [-0.2, -0.15) is 0 Å². The van der Waals surface area contributed by atoms with Crippen molar-refractivity contribution in [3.8, 4) is 5.69 Å². The number of piperidine rings is 1. The molecule has 1 fully saturated rings. The lowest BCUT2D eigenvalue weighted by atomic mass is 10.1. The van der Waals surface area contributed by atoms with Crippen LogP contribution >= 0.6 is 11.8 Å². The van der Waals surface area contributed by atoms with Gasteiger partial charge < -0.3 is 4.90 Å². The normalized spacial score (nSPS) is 15.4. The number of likely N-dealkylation sites (tertiary alicyclic amines) is 1. The molecule has 1 aliphatic rings. The molecule has 1 amide bonds. The number of halogens is 1. The largest absolute Gasteiger partial charge is 0.341 e. The molecule has 33 heavy (non-hydrogen) atoms. The molecule has 0 bridgehead atoms. The fraction of sp³-hybridized carbons (Fsp3) is 0.400. The molecule has 3 aromatic rings. The van der Waals surface area contributed by atoms with Gasteiger partial charge in [0, 0.05) is 19.3 Å². The van der Waals surface area contributed by atoms with Gasteiger partial charge in [0.25, 0.3) is 0 Å². The van der Waals surface area contributed by atoms with Crippen LogP contribution in [0.25, 0.3) is 5.69 Å². The highest BCUT2D eigenvalue weighted by molar-refractivity contribution is 7.99.